The van der Waals surface area contributed by atoms with Crippen LogP contribution in [0.3, 0.4) is 0 Å². The molecule has 0 amide bonds. The van der Waals surface area contributed by atoms with Crippen molar-refractivity contribution in [1.29, 1.82) is 0 Å². The molecule has 2 aromatic rings. The van der Waals surface area contributed by atoms with Gasteiger partial charge in [0, 0.05) is 5.56 Å². The van der Waals surface area contributed by atoms with Gasteiger partial charge in [0.1, 0.15) is 0 Å². The van der Waals surface area contributed by atoms with E-state index in [2.05, 4.69) is 33.8 Å². The lowest BCUT2D eigenvalue weighted by molar-refractivity contribution is 0.101. The quantitative estimate of drug-likeness (QED) is 0.702. The lowest BCUT2D eigenvalue weighted by Gasteiger charge is -2.15. The van der Waals surface area contributed by atoms with Gasteiger partial charge in [0.05, 0.1) is 0 Å². The Morgan fingerprint density at radius 2 is 1.32 bits per heavy atom. The molecule has 0 spiro atoms. The number of aryl methyl sites for hydroxylation is 2. The summed E-state index contributed by atoms with van der Waals surface area (Å²) in [5, 5.41) is 0. The molecule has 0 aliphatic rings. The van der Waals surface area contributed by atoms with Gasteiger partial charge in [-0.15, -0.1) is 0 Å². The monoisotopic (exact) mass is 252 g/mol. The van der Waals surface area contributed by atoms with Crippen molar-refractivity contribution >= 4 is 5.78 Å². The molecule has 0 unspecified atom stereocenters. The number of rotatable bonds is 2. The average Bonchev–Trinajstić information content (AvgIpc) is 2.37. The van der Waals surface area contributed by atoms with Crippen LogP contribution in [-0.2, 0) is 0 Å². The number of carbonyl (C=O) groups excluding carboxylic acids is 1. The Bertz CT molecular complexity index is 607. The molecule has 0 bridgehead atoms. The Labute approximate surface area is 115 Å². The van der Waals surface area contributed by atoms with Gasteiger partial charge in [0.2, 0.25) is 0 Å². The van der Waals surface area contributed by atoms with Crippen LogP contribution in [0.25, 0.3) is 11.1 Å². The van der Waals surface area contributed by atoms with Crippen molar-refractivity contribution in [3.63, 3.8) is 0 Å². The van der Waals surface area contributed by atoms with E-state index in [0.717, 1.165) is 5.56 Å². The van der Waals surface area contributed by atoms with E-state index in [1.165, 1.54) is 33.4 Å². The van der Waals surface area contributed by atoms with E-state index >= 15 is 0 Å². The van der Waals surface area contributed by atoms with Crippen LogP contribution >= 0.6 is 0 Å². The minimum absolute atomic E-state index is 0.111. The molecule has 0 aromatic heterocycles. The summed E-state index contributed by atoms with van der Waals surface area (Å²) < 4.78 is 0. The van der Waals surface area contributed by atoms with Crippen LogP contribution in [-0.4, -0.2) is 5.78 Å². The maximum Gasteiger partial charge on any atom is 0.159 e. The summed E-state index contributed by atoms with van der Waals surface area (Å²) >= 11 is 0. The largest absolute Gasteiger partial charge is 0.295 e. The van der Waals surface area contributed by atoms with Gasteiger partial charge >= 0.3 is 0 Å². The van der Waals surface area contributed by atoms with E-state index in [1.54, 1.807) is 6.92 Å². The van der Waals surface area contributed by atoms with Gasteiger partial charge in [0.25, 0.3) is 0 Å². The van der Waals surface area contributed by atoms with E-state index < -0.39 is 0 Å². The first-order chi connectivity index (χ1) is 8.91. The smallest absolute Gasteiger partial charge is 0.159 e. The van der Waals surface area contributed by atoms with Crippen molar-refractivity contribution in [2.24, 2.45) is 0 Å². The standard InChI is InChI=1S/C18H20O/c1-11-10-12(2)14(4)18(13(11)3)17-8-6-16(7-9-17)15(5)19/h6-10H,1-5H3. The maximum absolute atomic E-state index is 11.3. The minimum atomic E-state index is 0.111. The van der Waals surface area contributed by atoms with Gasteiger partial charge in [-0.3, -0.25) is 4.79 Å². The van der Waals surface area contributed by atoms with Gasteiger partial charge in [-0.05, 0) is 68.0 Å². The van der Waals surface area contributed by atoms with Crippen LogP contribution in [0.1, 0.15) is 39.5 Å². The Hall–Kier alpha value is -1.89. The van der Waals surface area contributed by atoms with E-state index in [1.807, 2.05) is 24.3 Å². The van der Waals surface area contributed by atoms with Crippen molar-refractivity contribution in [2.75, 3.05) is 0 Å². The topological polar surface area (TPSA) is 17.1 Å². The second-order valence-corrected chi connectivity index (χ2v) is 5.27. The second-order valence-electron chi connectivity index (χ2n) is 5.27. The number of hydrogen-bond acceptors (Lipinski definition) is 1. The number of hydrogen-bond donors (Lipinski definition) is 0. The van der Waals surface area contributed by atoms with Crippen LogP contribution in [0, 0.1) is 27.7 Å². The molecule has 0 atom stereocenters. The molecule has 0 saturated carbocycles. The highest BCUT2D eigenvalue weighted by Crippen LogP contribution is 2.31. The molecule has 0 N–H and O–H groups in total. The van der Waals surface area contributed by atoms with Gasteiger partial charge in [-0.2, -0.15) is 0 Å². The van der Waals surface area contributed by atoms with Crippen LogP contribution in [0.15, 0.2) is 30.3 Å². The average molecular weight is 252 g/mol. The fourth-order valence-electron chi connectivity index (χ4n) is 2.52. The lowest BCUT2D eigenvalue weighted by Crippen LogP contribution is -1.96. The minimum Gasteiger partial charge on any atom is -0.295 e. The fourth-order valence-corrected chi connectivity index (χ4v) is 2.52. The van der Waals surface area contributed by atoms with E-state index in [-0.39, 0.29) is 5.78 Å². The molecule has 1 heteroatoms. The summed E-state index contributed by atoms with van der Waals surface area (Å²) in [6.45, 7) is 10.2. The Morgan fingerprint density at radius 3 is 1.74 bits per heavy atom. The first kappa shape index (κ1) is 13.5. The lowest BCUT2D eigenvalue weighted by atomic mass is 9.89. The molecule has 98 valence electrons. The molecule has 0 aliphatic heterocycles. The first-order valence-electron chi connectivity index (χ1n) is 6.60. The molecular weight excluding hydrogens is 232 g/mol. The zero-order chi connectivity index (χ0) is 14.2. The van der Waals surface area contributed by atoms with Gasteiger partial charge in [-0.1, -0.05) is 30.3 Å². The van der Waals surface area contributed by atoms with E-state index in [4.69, 9.17) is 0 Å². The molecule has 0 aliphatic carbocycles. The van der Waals surface area contributed by atoms with Gasteiger partial charge in [-0.25, -0.2) is 0 Å². The second kappa shape index (κ2) is 5.00. The fraction of sp³-hybridized carbons (Fsp3) is 0.278. The number of benzene rings is 2. The number of carbonyl (C=O) groups is 1. The van der Waals surface area contributed by atoms with Crippen LogP contribution in [0.2, 0.25) is 0 Å². The van der Waals surface area contributed by atoms with Crippen LogP contribution in [0.5, 0.6) is 0 Å². The van der Waals surface area contributed by atoms with Crippen molar-refractivity contribution in [3.8, 4) is 11.1 Å². The zero-order valence-corrected chi connectivity index (χ0v) is 12.3. The molecular formula is C18H20O. The van der Waals surface area contributed by atoms with Crippen LogP contribution < -0.4 is 0 Å². The molecule has 0 saturated heterocycles. The number of ketones is 1. The third-order valence-corrected chi connectivity index (χ3v) is 3.95. The van der Waals surface area contributed by atoms with Crippen molar-refractivity contribution in [2.45, 2.75) is 34.6 Å². The van der Waals surface area contributed by atoms with Crippen molar-refractivity contribution in [3.05, 3.63) is 58.1 Å². The summed E-state index contributed by atoms with van der Waals surface area (Å²) in [6, 6.07) is 10.1. The van der Waals surface area contributed by atoms with E-state index in [9.17, 15) is 4.79 Å². The molecule has 0 radical (unpaired) electrons. The third kappa shape index (κ3) is 2.46. The molecule has 1 nitrogen and oxygen atoms in total. The van der Waals surface area contributed by atoms with Gasteiger partial charge < -0.3 is 0 Å². The third-order valence-electron chi connectivity index (χ3n) is 3.95. The highest BCUT2D eigenvalue weighted by molar-refractivity contribution is 5.94. The normalized spacial score (nSPS) is 10.6. The molecule has 0 fully saturated rings. The van der Waals surface area contributed by atoms with Crippen molar-refractivity contribution in [1.82, 2.24) is 0 Å². The zero-order valence-electron chi connectivity index (χ0n) is 12.3. The number of Topliss-reactive ketones (excluding diaryl/α,β-unsaturated/α-hetero) is 1. The summed E-state index contributed by atoms with van der Waals surface area (Å²) in [7, 11) is 0. The maximum atomic E-state index is 11.3. The predicted molar refractivity (Wildman–Crippen MR) is 80.8 cm³/mol. The molecule has 0 heterocycles. The summed E-state index contributed by atoms with van der Waals surface area (Å²) in [5.74, 6) is 0.111. The Kier molecular flexibility index (Phi) is 3.57. The van der Waals surface area contributed by atoms with Crippen LogP contribution in [0.4, 0.5) is 0 Å². The Morgan fingerprint density at radius 1 is 0.842 bits per heavy atom. The summed E-state index contributed by atoms with van der Waals surface area (Å²) in [6.07, 6.45) is 0. The molecule has 2 aromatic carbocycles. The SMILES string of the molecule is CC(=O)c1ccc(-c2c(C)c(C)cc(C)c2C)cc1. The first-order valence-corrected chi connectivity index (χ1v) is 6.60. The molecule has 2 rings (SSSR count). The van der Waals surface area contributed by atoms with Crippen molar-refractivity contribution < 1.29 is 4.79 Å². The van der Waals surface area contributed by atoms with E-state index in [0.29, 0.717) is 0 Å². The predicted octanol–water partition coefficient (Wildman–Crippen LogP) is 4.79. The summed E-state index contributed by atoms with van der Waals surface area (Å²) in [4.78, 5) is 11.3. The Balaban J connectivity index is 2.62. The highest BCUT2D eigenvalue weighted by atomic mass is 16.1. The highest BCUT2D eigenvalue weighted by Gasteiger charge is 2.10. The van der Waals surface area contributed by atoms with Gasteiger partial charge in [0.15, 0.2) is 5.78 Å². The molecule has 19 heavy (non-hydrogen) atoms. The summed E-state index contributed by atoms with van der Waals surface area (Å²) in [5.41, 5.74) is 8.52.